The second-order valence-corrected chi connectivity index (χ2v) is 6.98. The normalized spacial score (nSPS) is 11.1. The Labute approximate surface area is 134 Å². The van der Waals surface area contributed by atoms with Gasteiger partial charge < -0.3 is 5.73 Å². The van der Waals surface area contributed by atoms with Crippen LogP contribution in [0.3, 0.4) is 0 Å². The van der Waals surface area contributed by atoms with Gasteiger partial charge in [-0.1, -0.05) is 42.0 Å². The lowest BCUT2D eigenvalue weighted by molar-refractivity contribution is 0.601. The summed E-state index contributed by atoms with van der Waals surface area (Å²) in [5, 5.41) is 0.107. The number of nitrogens with one attached hydrogen (secondary N) is 1. The predicted molar refractivity (Wildman–Crippen MR) is 89.3 cm³/mol. The van der Waals surface area contributed by atoms with Crippen molar-refractivity contribution in [1.82, 2.24) is 0 Å². The molecule has 2 rings (SSSR count). The van der Waals surface area contributed by atoms with Gasteiger partial charge in [0.25, 0.3) is 10.0 Å². The Kier molecular flexibility index (Phi) is 4.51. The van der Waals surface area contributed by atoms with Gasteiger partial charge in [0.05, 0.1) is 5.02 Å². The summed E-state index contributed by atoms with van der Waals surface area (Å²) in [5.74, 6) is 0. The molecule has 7 heteroatoms. The van der Waals surface area contributed by atoms with Gasteiger partial charge in [0.2, 0.25) is 0 Å². The first-order chi connectivity index (χ1) is 9.79. The molecule has 0 saturated carbocycles. The third-order valence-corrected chi connectivity index (χ3v) is 4.87. The number of rotatable bonds is 4. The maximum atomic E-state index is 12.4. The van der Waals surface area contributed by atoms with E-state index in [4.69, 9.17) is 29.6 Å². The average Bonchev–Trinajstić information content (AvgIpc) is 2.38. The molecule has 0 heterocycles. The summed E-state index contributed by atoms with van der Waals surface area (Å²) < 4.78 is 27.3. The van der Waals surface area contributed by atoms with Crippen molar-refractivity contribution in [2.75, 3.05) is 4.72 Å². The minimum Gasteiger partial charge on any atom is -0.389 e. The Hall–Kier alpha value is -1.63. The number of benzene rings is 2. The average molecular weight is 341 g/mol. The second-order valence-electron chi connectivity index (χ2n) is 4.48. The van der Waals surface area contributed by atoms with E-state index < -0.39 is 10.0 Å². The predicted octanol–water partition coefficient (Wildman–Crippen LogP) is 3.08. The number of nitrogens with two attached hydrogens (primary N) is 1. The summed E-state index contributed by atoms with van der Waals surface area (Å²) in [6, 6.07) is 11.4. The Morgan fingerprint density at radius 1 is 1.24 bits per heavy atom. The van der Waals surface area contributed by atoms with Crippen LogP contribution in [0.1, 0.15) is 11.1 Å². The summed E-state index contributed by atoms with van der Waals surface area (Å²) in [4.78, 5) is 0.0506. The van der Waals surface area contributed by atoms with Crippen LogP contribution in [-0.4, -0.2) is 13.4 Å². The molecule has 0 spiro atoms. The van der Waals surface area contributed by atoms with Gasteiger partial charge >= 0.3 is 0 Å². The topological polar surface area (TPSA) is 72.2 Å². The van der Waals surface area contributed by atoms with E-state index in [9.17, 15) is 8.42 Å². The third kappa shape index (κ3) is 3.72. The molecule has 0 atom stereocenters. The van der Waals surface area contributed by atoms with Crippen molar-refractivity contribution in [2.24, 2.45) is 5.73 Å². The van der Waals surface area contributed by atoms with Crippen LogP contribution in [0, 0.1) is 6.92 Å². The highest BCUT2D eigenvalue weighted by Gasteiger charge is 2.19. The van der Waals surface area contributed by atoms with E-state index in [-0.39, 0.29) is 14.9 Å². The molecule has 0 amide bonds. The Morgan fingerprint density at radius 2 is 1.95 bits per heavy atom. The minimum atomic E-state index is -3.81. The number of thiocarbonyl (C=S) groups is 1. The molecule has 110 valence electrons. The molecule has 0 bridgehead atoms. The number of hydrogen-bond donors (Lipinski definition) is 2. The zero-order valence-corrected chi connectivity index (χ0v) is 13.5. The molecule has 2 aromatic rings. The van der Waals surface area contributed by atoms with Gasteiger partial charge in [-0.2, -0.15) is 0 Å². The number of aryl methyl sites for hydroxylation is 1. The second kappa shape index (κ2) is 6.01. The summed E-state index contributed by atoms with van der Waals surface area (Å²) in [6.07, 6.45) is 0. The summed E-state index contributed by atoms with van der Waals surface area (Å²) in [6.45, 7) is 1.87. The van der Waals surface area contributed by atoms with Gasteiger partial charge in [0.15, 0.2) is 0 Å². The lowest BCUT2D eigenvalue weighted by Crippen LogP contribution is -2.16. The molecule has 2 aromatic carbocycles. The van der Waals surface area contributed by atoms with Crippen LogP contribution < -0.4 is 10.5 Å². The molecule has 0 unspecified atom stereocenters. The van der Waals surface area contributed by atoms with Crippen LogP contribution >= 0.6 is 23.8 Å². The van der Waals surface area contributed by atoms with Gasteiger partial charge in [-0.05, 0) is 36.8 Å². The summed E-state index contributed by atoms with van der Waals surface area (Å²) in [5.41, 5.74) is 7.37. The molecular weight excluding hydrogens is 328 g/mol. The van der Waals surface area contributed by atoms with Crippen LogP contribution in [0.5, 0.6) is 0 Å². The first-order valence-electron chi connectivity index (χ1n) is 5.98. The van der Waals surface area contributed by atoms with Crippen molar-refractivity contribution >= 4 is 44.5 Å². The molecule has 0 radical (unpaired) electrons. The van der Waals surface area contributed by atoms with Crippen LogP contribution in [0.25, 0.3) is 0 Å². The highest BCUT2D eigenvalue weighted by Crippen LogP contribution is 2.25. The number of halogens is 1. The molecule has 0 fully saturated rings. The van der Waals surface area contributed by atoms with Crippen LogP contribution in [0.15, 0.2) is 47.4 Å². The van der Waals surface area contributed by atoms with E-state index in [1.165, 1.54) is 12.1 Å². The molecule has 0 aliphatic carbocycles. The van der Waals surface area contributed by atoms with E-state index in [0.717, 1.165) is 5.56 Å². The fourth-order valence-electron chi connectivity index (χ4n) is 1.78. The zero-order chi connectivity index (χ0) is 15.6. The van der Waals surface area contributed by atoms with Crippen molar-refractivity contribution in [2.45, 2.75) is 11.8 Å². The van der Waals surface area contributed by atoms with Crippen molar-refractivity contribution in [3.63, 3.8) is 0 Å². The number of anilines is 1. The van der Waals surface area contributed by atoms with Crippen LogP contribution in [-0.2, 0) is 10.0 Å². The highest BCUT2D eigenvalue weighted by molar-refractivity contribution is 7.92. The van der Waals surface area contributed by atoms with Crippen molar-refractivity contribution < 1.29 is 8.42 Å². The minimum absolute atomic E-state index is 0.0593. The van der Waals surface area contributed by atoms with E-state index in [2.05, 4.69) is 4.72 Å². The molecular formula is C14H13ClN2O2S2. The summed E-state index contributed by atoms with van der Waals surface area (Å²) in [7, 11) is -3.81. The summed E-state index contributed by atoms with van der Waals surface area (Å²) >= 11 is 10.8. The highest BCUT2D eigenvalue weighted by atomic mass is 35.5. The fourth-order valence-corrected chi connectivity index (χ4v) is 3.48. The molecule has 21 heavy (non-hydrogen) atoms. The molecule has 0 aromatic heterocycles. The lowest BCUT2D eigenvalue weighted by atomic mass is 10.2. The van der Waals surface area contributed by atoms with E-state index in [1.807, 2.05) is 13.0 Å². The Morgan fingerprint density at radius 3 is 2.57 bits per heavy atom. The Bertz CT molecular complexity index is 804. The first-order valence-corrected chi connectivity index (χ1v) is 8.25. The van der Waals surface area contributed by atoms with Crippen LogP contribution in [0.4, 0.5) is 5.69 Å². The van der Waals surface area contributed by atoms with Gasteiger partial charge in [0.1, 0.15) is 9.88 Å². The fraction of sp³-hybridized carbons (Fsp3) is 0.0714. The SMILES string of the molecule is Cc1cccc(NS(=O)(=O)c2cc(C(N)=S)ccc2Cl)c1. The standard InChI is InChI=1S/C14H13ClN2O2S2/c1-9-3-2-4-11(7-9)17-21(18,19)13-8-10(14(16)20)5-6-12(13)15/h2-8,17H,1H3,(H2,16,20). The molecule has 0 aliphatic rings. The quantitative estimate of drug-likeness (QED) is 0.839. The van der Waals surface area contributed by atoms with Gasteiger partial charge in [-0.15, -0.1) is 0 Å². The van der Waals surface area contributed by atoms with Crippen molar-refractivity contribution in [1.29, 1.82) is 0 Å². The van der Waals surface area contributed by atoms with E-state index >= 15 is 0 Å². The van der Waals surface area contributed by atoms with Gasteiger partial charge in [0, 0.05) is 11.3 Å². The van der Waals surface area contributed by atoms with E-state index in [1.54, 1.807) is 24.3 Å². The molecule has 0 aliphatic heterocycles. The molecule has 0 saturated heterocycles. The number of sulfonamides is 1. The first kappa shape index (κ1) is 15.8. The lowest BCUT2D eigenvalue weighted by Gasteiger charge is -2.11. The largest absolute Gasteiger partial charge is 0.389 e. The molecule has 3 N–H and O–H groups in total. The smallest absolute Gasteiger partial charge is 0.263 e. The molecule has 4 nitrogen and oxygen atoms in total. The maximum Gasteiger partial charge on any atom is 0.263 e. The Balaban J connectivity index is 2.44. The van der Waals surface area contributed by atoms with Crippen LogP contribution in [0.2, 0.25) is 5.02 Å². The number of hydrogen-bond acceptors (Lipinski definition) is 3. The van der Waals surface area contributed by atoms with Gasteiger partial charge in [-0.3, -0.25) is 4.72 Å². The van der Waals surface area contributed by atoms with Gasteiger partial charge in [-0.25, -0.2) is 8.42 Å². The van der Waals surface area contributed by atoms with Crippen molar-refractivity contribution in [3.8, 4) is 0 Å². The zero-order valence-electron chi connectivity index (χ0n) is 11.1. The third-order valence-electron chi connectivity index (χ3n) is 2.78. The maximum absolute atomic E-state index is 12.4. The van der Waals surface area contributed by atoms with E-state index in [0.29, 0.717) is 11.3 Å². The van der Waals surface area contributed by atoms with Crippen molar-refractivity contribution in [3.05, 3.63) is 58.6 Å². The monoisotopic (exact) mass is 340 g/mol.